The highest BCUT2D eigenvalue weighted by atomic mass is 127. The molecule has 2 rings (SSSR count). The van der Waals surface area contributed by atoms with Crippen LogP contribution in [0.25, 0.3) is 0 Å². The fraction of sp³-hybridized carbons (Fsp3) is 0.316. The first-order valence-corrected chi connectivity index (χ1v) is 10.1. The van der Waals surface area contributed by atoms with Crippen molar-refractivity contribution in [1.82, 2.24) is 0 Å². The number of carbonyl (C=O) groups excluding carboxylic acids is 1. The molecule has 5 heteroatoms. The van der Waals surface area contributed by atoms with E-state index < -0.39 is 0 Å². The second kappa shape index (κ2) is 8.76. The van der Waals surface area contributed by atoms with Crippen LogP contribution in [0.2, 0.25) is 0 Å². The SMILES string of the molecule is CCN(C(=O)SC)c1cccc(I)c1COc1ccc(C)cc1C. The standard InChI is InChI=1S/C19H22INO2S/c1-5-21(19(22)24-4)17-8-6-7-16(20)15(17)12-23-18-10-9-13(2)11-14(18)3/h6-11H,5,12H2,1-4H3. The van der Waals surface area contributed by atoms with Crippen LogP contribution in [0.4, 0.5) is 10.5 Å². The summed E-state index contributed by atoms with van der Waals surface area (Å²) in [7, 11) is 0. The molecule has 0 fully saturated rings. The summed E-state index contributed by atoms with van der Waals surface area (Å²) in [5.41, 5.74) is 4.31. The third-order valence-electron chi connectivity index (χ3n) is 3.80. The Balaban J connectivity index is 2.31. The highest BCUT2D eigenvalue weighted by Gasteiger charge is 2.18. The topological polar surface area (TPSA) is 29.5 Å². The van der Waals surface area contributed by atoms with Crippen LogP contribution < -0.4 is 9.64 Å². The van der Waals surface area contributed by atoms with Gasteiger partial charge in [-0.3, -0.25) is 4.79 Å². The predicted octanol–water partition coefficient (Wildman–Crippen LogP) is 5.80. The number of thioether (sulfide) groups is 1. The summed E-state index contributed by atoms with van der Waals surface area (Å²) in [4.78, 5) is 14.0. The molecule has 0 aliphatic carbocycles. The molecule has 0 aliphatic rings. The number of rotatable bonds is 5. The molecule has 128 valence electrons. The lowest BCUT2D eigenvalue weighted by Crippen LogP contribution is -2.28. The van der Waals surface area contributed by atoms with Gasteiger partial charge in [-0.2, -0.15) is 0 Å². The fourth-order valence-electron chi connectivity index (χ4n) is 2.56. The van der Waals surface area contributed by atoms with Gasteiger partial charge in [0, 0.05) is 15.7 Å². The van der Waals surface area contributed by atoms with Crippen molar-refractivity contribution in [2.45, 2.75) is 27.4 Å². The molecule has 0 atom stereocenters. The van der Waals surface area contributed by atoms with E-state index in [1.807, 2.05) is 37.4 Å². The quantitative estimate of drug-likeness (QED) is 0.534. The second-order valence-electron chi connectivity index (χ2n) is 5.51. The average Bonchev–Trinajstić information content (AvgIpc) is 2.56. The first-order valence-electron chi connectivity index (χ1n) is 7.80. The smallest absolute Gasteiger partial charge is 0.285 e. The summed E-state index contributed by atoms with van der Waals surface area (Å²) in [5.74, 6) is 0.880. The predicted molar refractivity (Wildman–Crippen MR) is 111 cm³/mol. The number of aryl methyl sites for hydroxylation is 2. The Bertz CT molecular complexity index is 733. The Labute approximate surface area is 161 Å². The maximum Gasteiger partial charge on any atom is 0.285 e. The largest absolute Gasteiger partial charge is 0.489 e. The average molecular weight is 455 g/mol. The first kappa shape index (κ1) is 19.1. The van der Waals surface area contributed by atoms with Gasteiger partial charge < -0.3 is 9.64 Å². The normalized spacial score (nSPS) is 10.5. The van der Waals surface area contributed by atoms with E-state index in [4.69, 9.17) is 4.74 Å². The van der Waals surface area contributed by atoms with Crippen molar-refractivity contribution in [1.29, 1.82) is 0 Å². The van der Waals surface area contributed by atoms with Crippen LogP contribution in [0.5, 0.6) is 5.75 Å². The molecule has 0 saturated carbocycles. The molecular formula is C19H22INO2S. The van der Waals surface area contributed by atoms with Gasteiger partial charge in [0.2, 0.25) is 0 Å². The number of carbonyl (C=O) groups is 1. The molecular weight excluding hydrogens is 433 g/mol. The summed E-state index contributed by atoms with van der Waals surface area (Å²) >= 11 is 3.53. The van der Waals surface area contributed by atoms with E-state index in [1.165, 1.54) is 17.3 Å². The molecule has 3 nitrogen and oxygen atoms in total. The van der Waals surface area contributed by atoms with Gasteiger partial charge in [0.25, 0.3) is 5.24 Å². The van der Waals surface area contributed by atoms with Crippen LogP contribution in [0.3, 0.4) is 0 Å². The Hall–Kier alpha value is -1.21. The fourth-order valence-corrected chi connectivity index (χ4v) is 3.65. The number of nitrogens with zero attached hydrogens (tertiary/aromatic N) is 1. The van der Waals surface area contributed by atoms with Crippen LogP contribution in [0.1, 0.15) is 23.6 Å². The lowest BCUT2D eigenvalue weighted by atomic mass is 10.1. The van der Waals surface area contributed by atoms with Crippen LogP contribution >= 0.6 is 34.4 Å². The summed E-state index contributed by atoms with van der Waals surface area (Å²) in [6, 6.07) is 12.2. The van der Waals surface area contributed by atoms with Gasteiger partial charge in [-0.25, -0.2) is 0 Å². The van der Waals surface area contributed by atoms with Gasteiger partial charge in [0.15, 0.2) is 0 Å². The van der Waals surface area contributed by atoms with Gasteiger partial charge in [-0.1, -0.05) is 35.5 Å². The maximum atomic E-state index is 12.2. The van der Waals surface area contributed by atoms with E-state index in [1.54, 1.807) is 4.90 Å². The number of halogens is 1. The number of amides is 1. The Kier molecular flexibility index (Phi) is 6.98. The summed E-state index contributed by atoms with van der Waals surface area (Å²) < 4.78 is 7.16. The first-order chi connectivity index (χ1) is 11.5. The van der Waals surface area contributed by atoms with Crippen molar-refractivity contribution >= 4 is 45.3 Å². The number of hydrogen-bond donors (Lipinski definition) is 0. The minimum Gasteiger partial charge on any atom is -0.489 e. The molecule has 2 aromatic rings. The summed E-state index contributed by atoms with van der Waals surface area (Å²) in [6.07, 6.45) is 1.81. The summed E-state index contributed by atoms with van der Waals surface area (Å²) in [5, 5.41) is 0.0484. The van der Waals surface area contributed by atoms with E-state index in [0.717, 1.165) is 26.1 Å². The van der Waals surface area contributed by atoms with Crippen LogP contribution in [0, 0.1) is 17.4 Å². The van der Waals surface area contributed by atoms with E-state index in [2.05, 4.69) is 48.6 Å². The van der Waals surface area contributed by atoms with E-state index >= 15 is 0 Å². The van der Waals surface area contributed by atoms with E-state index in [9.17, 15) is 4.79 Å². The minimum absolute atomic E-state index is 0.0484. The third-order valence-corrected chi connectivity index (χ3v) is 5.38. The monoisotopic (exact) mass is 455 g/mol. The maximum absolute atomic E-state index is 12.2. The van der Waals surface area contributed by atoms with Crippen molar-refractivity contribution in [3.8, 4) is 5.75 Å². The van der Waals surface area contributed by atoms with Gasteiger partial charge in [0.1, 0.15) is 12.4 Å². The lowest BCUT2D eigenvalue weighted by molar-refractivity contribution is 0.265. The molecule has 0 unspecified atom stereocenters. The van der Waals surface area contributed by atoms with Crippen LogP contribution in [-0.2, 0) is 6.61 Å². The lowest BCUT2D eigenvalue weighted by Gasteiger charge is -2.24. The van der Waals surface area contributed by atoms with Crippen LogP contribution in [0.15, 0.2) is 36.4 Å². The van der Waals surface area contributed by atoms with Crippen molar-refractivity contribution < 1.29 is 9.53 Å². The van der Waals surface area contributed by atoms with Crippen molar-refractivity contribution in [2.24, 2.45) is 0 Å². The molecule has 0 saturated heterocycles. The second-order valence-corrected chi connectivity index (χ2v) is 7.43. The summed E-state index contributed by atoms with van der Waals surface area (Å²) in [6.45, 7) is 7.19. The number of benzene rings is 2. The molecule has 0 aliphatic heterocycles. The molecule has 2 aromatic carbocycles. The molecule has 0 heterocycles. The van der Waals surface area contributed by atoms with Gasteiger partial charge in [-0.05, 0) is 73.4 Å². The highest BCUT2D eigenvalue weighted by molar-refractivity contribution is 14.1. The number of anilines is 1. The highest BCUT2D eigenvalue weighted by Crippen LogP contribution is 2.29. The molecule has 24 heavy (non-hydrogen) atoms. The number of ether oxygens (including phenoxy) is 1. The zero-order valence-electron chi connectivity index (χ0n) is 14.4. The van der Waals surface area contributed by atoms with Crippen molar-refractivity contribution in [3.63, 3.8) is 0 Å². The zero-order valence-corrected chi connectivity index (χ0v) is 17.4. The van der Waals surface area contributed by atoms with Crippen LogP contribution in [-0.4, -0.2) is 18.0 Å². The van der Waals surface area contributed by atoms with Gasteiger partial charge in [0.05, 0.1) is 5.69 Å². The van der Waals surface area contributed by atoms with E-state index in [-0.39, 0.29) is 5.24 Å². The Morgan fingerprint density at radius 3 is 2.62 bits per heavy atom. The molecule has 0 bridgehead atoms. The molecule has 0 aromatic heterocycles. The molecule has 0 radical (unpaired) electrons. The molecule has 0 N–H and O–H groups in total. The zero-order chi connectivity index (χ0) is 17.7. The number of hydrogen-bond acceptors (Lipinski definition) is 3. The van der Waals surface area contributed by atoms with Crippen molar-refractivity contribution in [3.05, 3.63) is 56.7 Å². The Morgan fingerprint density at radius 1 is 1.25 bits per heavy atom. The minimum atomic E-state index is 0.0484. The third kappa shape index (κ3) is 4.45. The van der Waals surface area contributed by atoms with E-state index in [0.29, 0.717) is 13.2 Å². The van der Waals surface area contributed by atoms with Gasteiger partial charge in [-0.15, -0.1) is 0 Å². The van der Waals surface area contributed by atoms with Gasteiger partial charge >= 0.3 is 0 Å². The van der Waals surface area contributed by atoms with Crippen molar-refractivity contribution in [2.75, 3.05) is 17.7 Å². The molecule has 1 amide bonds. The Morgan fingerprint density at radius 2 is 2.00 bits per heavy atom. The molecule has 0 spiro atoms.